The largest absolute Gasteiger partial charge is 0.422 e. The molecule has 5 aromatic carbocycles. The molecule has 0 bridgehead atoms. The van der Waals surface area contributed by atoms with E-state index < -0.39 is 0 Å². The number of hydrogen-bond donors (Lipinski definition) is 2. The Hall–Kier alpha value is -15.6. The molecule has 0 aliphatic carbocycles. The third kappa shape index (κ3) is 20.7. The van der Waals surface area contributed by atoms with E-state index in [1.807, 2.05) is 256 Å². The second-order valence-electron chi connectivity index (χ2n) is 40.8. The quantitative estimate of drug-likeness (QED) is 0.107. The molecule has 0 saturated carbocycles. The zero-order chi connectivity index (χ0) is 103. The van der Waals surface area contributed by atoms with Crippen LogP contribution in [0.15, 0.2) is 266 Å². The van der Waals surface area contributed by atoms with Gasteiger partial charge in [-0.25, -0.2) is 24.0 Å². The molecular formula is C119H126N20O10. The second kappa shape index (κ2) is 41.6. The first kappa shape index (κ1) is 98.1. The molecule has 0 unspecified atom stereocenters. The summed E-state index contributed by atoms with van der Waals surface area (Å²) in [7, 11) is 0. The summed E-state index contributed by atoms with van der Waals surface area (Å²) in [4.78, 5) is 106. The number of benzene rings is 5. The number of aryl methyl sites for hydroxylation is 9. The monoisotopic (exact) mass is 1990 g/mol. The maximum absolute atomic E-state index is 12.9. The molecule has 20 aromatic rings. The van der Waals surface area contributed by atoms with Crippen LogP contribution in [0.2, 0.25) is 0 Å². The van der Waals surface area contributed by atoms with Gasteiger partial charge in [-0.2, -0.15) is 0 Å². The van der Waals surface area contributed by atoms with Gasteiger partial charge in [0.05, 0.1) is 113 Å². The Bertz CT molecular complexity index is 8850. The molecule has 762 valence electrons. The van der Waals surface area contributed by atoms with E-state index in [4.69, 9.17) is 22.1 Å². The molecular weight excluding hydrogens is 1870 g/mol. The number of nitrogens with zero attached hydrogens (tertiary/aromatic N) is 18. The first-order chi connectivity index (χ1) is 72.2. The molecule has 26 rings (SSSR count). The van der Waals surface area contributed by atoms with Gasteiger partial charge in [0.15, 0.2) is 0 Å². The number of piperazine rings is 3. The number of fused-ring (bicyclic) bond motifs is 11. The second-order valence-corrected chi connectivity index (χ2v) is 40.8. The van der Waals surface area contributed by atoms with Gasteiger partial charge in [-0.05, 0) is 249 Å². The van der Waals surface area contributed by atoms with Crippen molar-refractivity contribution in [2.75, 3.05) is 162 Å². The SMILES string of the molecule is CCN1CCCN(c2ccc3cc(-c4cc5c(C)nc(C)cn5c4)c(=O)oc3c2)CC1.CCN1CCCN(c2ccc3cc(-c4cc5cnc(C)cn5c4)c(=O)oc3c2)CC1.Cc1cn2cc(-c3cc4ccc(N5CCN6CCC[C@@H]6C5)cc4oc3=O)cc2c(C)n1.Cc1cn2cc(-c3cc4ccc(N5CCNCC5)cc4oc3=O)cc2c(C)n1.Cc1cn2cc(-c3cc4ccc(N5CCN[C@H](C)C5)cc4oc3=O)cc2c(C)n1. The first-order valence-electron chi connectivity index (χ1n) is 52.3. The molecule has 6 aliphatic heterocycles. The van der Waals surface area contributed by atoms with Crippen LogP contribution in [0.25, 0.3) is 138 Å². The van der Waals surface area contributed by atoms with Crippen molar-refractivity contribution in [2.45, 2.75) is 121 Å². The average molecular weight is 2000 g/mol. The van der Waals surface area contributed by atoms with Gasteiger partial charge >= 0.3 is 28.1 Å². The summed E-state index contributed by atoms with van der Waals surface area (Å²) >= 11 is 0. The van der Waals surface area contributed by atoms with E-state index in [-0.39, 0.29) is 28.1 Å². The van der Waals surface area contributed by atoms with E-state index in [1.165, 1.54) is 19.4 Å². The van der Waals surface area contributed by atoms with Crippen LogP contribution in [-0.4, -0.2) is 211 Å². The molecule has 0 spiro atoms. The summed E-state index contributed by atoms with van der Waals surface area (Å²) in [6, 6.07) is 51.6. The summed E-state index contributed by atoms with van der Waals surface area (Å²) in [5.41, 5.74) is 27.7. The zero-order valence-corrected chi connectivity index (χ0v) is 86.7. The number of likely N-dealkylation sites (N-methyl/N-ethyl adjacent to an activating group) is 2. The zero-order valence-electron chi connectivity index (χ0n) is 86.7. The number of hydrogen-bond acceptors (Lipinski definition) is 25. The van der Waals surface area contributed by atoms with Crippen LogP contribution in [0.5, 0.6) is 0 Å². The lowest BCUT2D eigenvalue weighted by Gasteiger charge is -2.38. The van der Waals surface area contributed by atoms with Gasteiger partial charge in [0, 0.05) is 292 Å². The minimum Gasteiger partial charge on any atom is -0.422 e. The van der Waals surface area contributed by atoms with Crippen molar-refractivity contribution in [1.82, 2.24) is 72.3 Å². The van der Waals surface area contributed by atoms with E-state index in [2.05, 4.69) is 144 Å². The van der Waals surface area contributed by atoms with Crippen molar-refractivity contribution in [3.05, 3.63) is 323 Å². The Kier molecular flexibility index (Phi) is 27.4. The summed E-state index contributed by atoms with van der Waals surface area (Å²) in [6.07, 6.45) is 26.4. The minimum absolute atomic E-state index is 0.302. The molecule has 6 saturated heterocycles. The highest BCUT2D eigenvalue weighted by Gasteiger charge is 2.32. The summed E-state index contributed by atoms with van der Waals surface area (Å²) in [6.45, 7) is 46.1. The Morgan fingerprint density at radius 3 is 0.993 bits per heavy atom. The summed E-state index contributed by atoms with van der Waals surface area (Å²) < 4.78 is 38.9. The molecule has 149 heavy (non-hydrogen) atoms. The molecule has 30 nitrogen and oxygen atoms in total. The Morgan fingerprint density at radius 1 is 0.309 bits per heavy atom. The van der Waals surface area contributed by atoms with Crippen molar-refractivity contribution in [1.29, 1.82) is 0 Å². The van der Waals surface area contributed by atoms with Crippen LogP contribution < -0.4 is 63.3 Å². The topological polar surface area (TPSA) is 288 Å². The van der Waals surface area contributed by atoms with Gasteiger partial charge < -0.3 is 89.0 Å². The van der Waals surface area contributed by atoms with Crippen molar-refractivity contribution in [2.24, 2.45) is 0 Å². The maximum Gasteiger partial charge on any atom is 0.344 e. The third-order valence-electron chi connectivity index (χ3n) is 30.3. The molecule has 2 atom stereocenters. The predicted octanol–water partition coefficient (Wildman–Crippen LogP) is 18.9. The average Bonchev–Trinajstić information content (AvgIpc) is 1.61. The van der Waals surface area contributed by atoms with Crippen LogP contribution in [0.3, 0.4) is 0 Å². The van der Waals surface area contributed by atoms with Gasteiger partial charge in [-0.3, -0.25) is 29.8 Å². The van der Waals surface area contributed by atoms with Crippen molar-refractivity contribution in [3.63, 3.8) is 0 Å². The van der Waals surface area contributed by atoms with Crippen LogP contribution in [-0.2, 0) is 0 Å². The van der Waals surface area contributed by atoms with Crippen LogP contribution in [0, 0.1) is 62.3 Å². The fraction of sp³-hybridized carbons (Fsp3) is 0.328. The third-order valence-corrected chi connectivity index (χ3v) is 30.3. The number of anilines is 5. The lowest BCUT2D eigenvalue weighted by atomic mass is 10.1. The van der Waals surface area contributed by atoms with E-state index in [0.717, 1.165) is 306 Å². The van der Waals surface area contributed by atoms with Gasteiger partial charge in [0.1, 0.15) is 27.9 Å². The minimum atomic E-state index is -0.318. The molecule has 6 aliphatic rings. The standard InChI is InChI=1S/C25H26N4O2.C25H28N4O2.C24H26N4O2.C23H24N4O2.C22H22N4O2/c1-16-13-29-14-19(11-23(29)17(2)26-16)22-10-18-5-6-20(12-24(18)31-25(22)30)28-9-8-27-7-3-4-21(27)15-28;1-4-27-8-5-9-28(11-10-27)21-7-6-19-12-22(25(30)31-24(19)14-21)20-13-23-18(3)26-17(2)15-29(23)16-20;1-3-26-7-4-8-27(10-9-26)20-6-5-18-12-22(24(29)30-23(18)13-20)19-11-21-14-25-17(2)15-28(21)16-19;1-14-11-26(7-6-24-14)19-5-4-17-8-20(23(28)29-22(17)10-19)18-9-21-16(3)25-15(2)12-27(21)13-18;1-14-12-26-13-17(10-20(26)15(2)24-14)19-9-16-3-4-18(11-21(16)28-22(19)27)25-7-5-23-6-8-25/h5-6,10-14,21H,3-4,7-9,15H2,1-2H3;6-7,12-16H,4-5,8-11H2,1-3H3;5-6,11-16H,3-4,7-10H2,1-2H3;4-5,8-10,12-14,24H,6-7,11H2,1-3H3;3-4,9-13,23H,5-8H2,1-2H3/t21-;;;14-;/m1..1./s1. The summed E-state index contributed by atoms with van der Waals surface area (Å²) in [5.74, 6) is 0. The molecule has 30 heteroatoms. The molecule has 0 radical (unpaired) electrons. The molecule has 15 aromatic heterocycles. The molecule has 2 N–H and O–H groups in total. The fourth-order valence-electron chi connectivity index (χ4n) is 22.5. The lowest BCUT2D eigenvalue weighted by Crippen LogP contribution is -2.50. The molecule has 21 heterocycles. The van der Waals surface area contributed by atoms with Gasteiger partial charge in [0.2, 0.25) is 0 Å². The lowest BCUT2D eigenvalue weighted by molar-refractivity contribution is 0.231. The number of rotatable bonds is 12. The van der Waals surface area contributed by atoms with E-state index >= 15 is 0 Å². The smallest absolute Gasteiger partial charge is 0.344 e. The number of nitrogens with one attached hydrogen (secondary N) is 2. The normalized spacial score (nSPS) is 16.6. The first-order valence-corrected chi connectivity index (χ1v) is 52.3. The van der Waals surface area contributed by atoms with Gasteiger partial charge in [-0.1, -0.05) is 13.8 Å². The Morgan fingerprint density at radius 2 is 0.631 bits per heavy atom. The van der Waals surface area contributed by atoms with Crippen LogP contribution >= 0.6 is 0 Å². The van der Waals surface area contributed by atoms with E-state index in [0.29, 0.717) is 67.8 Å². The highest BCUT2D eigenvalue weighted by Crippen LogP contribution is 2.37. The van der Waals surface area contributed by atoms with E-state index in [9.17, 15) is 24.0 Å². The van der Waals surface area contributed by atoms with Crippen molar-refractivity contribution >= 4 is 111 Å². The number of aromatic nitrogens is 10. The summed E-state index contributed by atoms with van der Waals surface area (Å²) in [5, 5.41) is 11.5. The van der Waals surface area contributed by atoms with Crippen LogP contribution in [0.1, 0.15) is 97.7 Å². The van der Waals surface area contributed by atoms with Crippen molar-refractivity contribution in [3.8, 4) is 55.6 Å². The van der Waals surface area contributed by atoms with Crippen molar-refractivity contribution < 1.29 is 22.1 Å². The van der Waals surface area contributed by atoms with E-state index in [1.54, 1.807) is 0 Å². The van der Waals surface area contributed by atoms with Gasteiger partial charge in [0.25, 0.3) is 0 Å². The van der Waals surface area contributed by atoms with Gasteiger partial charge in [-0.15, -0.1) is 0 Å². The molecule has 0 amide bonds. The highest BCUT2D eigenvalue weighted by molar-refractivity contribution is 5.91. The highest BCUT2D eigenvalue weighted by atomic mass is 16.4. The predicted molar refractivity (Wildman–Crippen MR) is 595 cm³/mol. The molecule has 6 fully saturated rings. The maximum atomic E-state index is 12.9. The Balaban J connectivity index is 0.000000105. The Labute approximate surface area is 861 Å². The van der Waals surface area contributed by atoms with Crippen LogP contribution in [0.4, 0.5) is 28.4 Å². The fourth-order valence-corrected chi connectivity index (χ4v) is 22.5.